The van der Waals surface area contributed by atoms with Gasteiger partial charge in [-0.3, -0.25) is 14.0 Å². The molecule has 0 aliphatic carbocycles. The molecule has 0 aromatic carbocycles. The Morgan fingerprint density at radius 1 is 1.06 bits per heavy atom. The summed E-state index contributed by atoms with van der Waals surface area (Å²) >= 11 is 0. The standard InChI is InChI=1S/C10H9N3O.C9H14N2O2.2CO2/c1-2-7-3-9-10(14)8(4-11)5-12-13(9)6-7;1-3-7-5-8(11(10)6-7)9(12)13-4-2;2*2-1-3/h3,5-6,12H,2H2,1H3;5-6H,3-4,10H2,1-2H3;;. The lowest BCUT2D eigenvalue weighted by atomic mass is 10.2. The van der Waals surface area contributed by atoms with E-state index < -0.39 is 0 Å². The number of esters is 1. The number of carbonyl (C=O) groups excluding carboxylic acids is 5. The van der Waals surface area contributed by atoms with Gasteiger partial charge in [-0.15, -0.1) is 0 Å². The normalized spacial score (nSPS) is 8.79. The number of nitriles is 1. The van der Waals surface area contributed by atoms with E-state index in [9.17, 15) is 9.59 Å². The van der Waals surface area contributed by atoms with Crippen molar-refractivity contribution in [2.75, 3.05) is 12.4 Å². The summed E-state index contributed by atoms with van der Waals surface area (Å²) < 4.78 is 7.77. The molecule has 0 aliphatic heterocycles. The number of aromatic amines is 1. The summed E-state index contributed by atoms with van der Waals surface area (Å²) in [5, 5.41) is 11.5. The largest absolute Gasteiger partial charge is 0.461 e. The lowest BCUT2D eigenvalue weighted by Gasteiger charge is -2.01. The van der Waals surface area contributed by atoms with Crippen LogP contribution < -0.4 is 11.3 Å². The second-order valence-corrected chi connectivity index (χ2v) is 5.97. The number of carbonyl (C=O) groups is 1. The first kappa shape index (κ1) is 28.3. The Balaban J connectivity index is 0.000000503. The van der Waals surface area contributed by atoms with Crippen molar-refractivity contribution in [1.82, 2.24) is 14.3 Å². The molecular formula is C21H23N5O7. The van der Waals surface area contributed by atoms with E-state index in [1.54, 1.807) is 29.8 Å². The Labute approximate surface area is 188 Å². The SMILES string of the molecule is CCOC(=O)c1cc(CC)cn1N.CCc1cc2c(=O)c(C#N)c[nH]n2c1.O=C=O.O=C=O. The third kappa shape index (κ3) is 8.51. The van der Waals surface area contributed by atoms with Crippen LogP contribution >= 0.6 is 0 Å². The van der Waals surface area contributed by atoms with Crippen molar-refractivity contribution in [2.45, 2.75) is 33.6 Å². The van der Waals surface area contributed by atoms with Crippen LogP contribution in [0, 0.1) is 11.3 Å². The van der Waals surface area contributed by atoms with Crippen molar-refractivity contribution in [3.05, 3.63) is 63.3 Å². The van der Waals surface area contributed by atoms with E-state index in [1.807, 2.05) is 26.1 Å². The lowest BCUT2D eigenvalue weighted by molar-refractivity contribution is -0.193. The van der Waals surface area contributed by atoms with Crippen molar-refractivity contribution in [1.29, 1.82) is 5.26 Å². The maximum absolute atomic E-state index is 11.6. The molecule has 0 aliphatic rings. The highest BCUT2D eigenvalue weighted by Gasteiger charge is 2.12. The van der Waals surface area contributed by atoms with E-state index in [0.717, 1.165) is 24.0 Å². The maximum atomic E-state index is 11.6. The number of fused-ring (bicyclic) bond motifs is 1. The Bertz CT molecular complexity index is 1210. The van der Waals surface area contributed by atoms with Crippen LogP contribution in [0.1, 0.15) is 48.0 Å². The smallest absolute Gasteiger partial charge is 0.373 e. The molecular weight excluding hydrogens is 434 g/mol. The molecule has 0 atom stereocenters. The number of rotatable bonds is 4. The van der Waals surface area contributed by atoms with E-state index in [4.69, 9.17) is 35.0 Å². The van der Waals surface area contributed by atoms with Crippen molar-refractivity contribution in [3.8, 4) is 6.07 Å². The van der Waals surface area contributed by atoms with Crippen molar-refractivity contribution in [2.24, 2.45) is 0 Å². The summed E-state index contributed by atoms with van der Waals surface area (Å²) in [5.41, 5.74) is 2.97. The molecule has 174 valence electrons. The minimum atomic E-state index is -0.371. The second kappa shape index (κ2) is 15.1. The molecule has 0 fully saturated rings. The number of nitrogens with one attached hydrogen (secondary N) is 1. The number of hydrogen-bond donors (Lipinski definition) is 2. The molecule has 0 unspecified atom stereocenters. The average molecular weight is 457 g/mol. The first-order valence-electron chi connectivity index (χ1n) is 9.52. The highest BCUT2D eigenvalue weighted by Crippen LogP contribution is 2.08. The molecule has 0 saturated carbocycles. The predicted octanol–water partition coefficient (Wildman–Crippen LogP) is 0.836. The summed E-state index contributed by atoms with van der Waals surface area (Å²) in [5.74, 6) is 5.19. The fourth-order valence-electron chi connectivity index (χ4n) is 2.51. The lowest BCUT2D eigenvalue weighted by Crippen LogP contribution is -2.16. The van der Waals surface area contributed by atoms with E-state index in [-0.39, 0.29) is 29.3 Å². The van der Waals surface area contributed by atoms with Gasteiger partial charge in [-0.05, 0) is 43.0 Å². The minimum Gasteiger partial charge on any atom is -0.461 e. The zero-order chi connectivity index (χ0) is 25.4. The Kier molecular flexibility index (Phi) is 13.0. The average Bonchev–Trinajstić information content (AvgIpc) is 3.39. The molecule has 0 radical (unpaired) electrons. The zero-order valence-corrected chi connectivity index (χ0v) is 18.3. The van der Waals surface area contributed by atoms with E-state index >= 15 is 0 Å². The van der Waals surface area contributed by atoms with Gasteiger partial charge in [-0.1, -0.05) is 13.8 Å². The van der Waals surface area contributed by atoms with Gasteiger partial charge in [0.1, 0.15) is 22.8 Å². The van der Waals surface area contributed by atoms with Gasteiger partial charge in [0.2, 0.25) is 5.43 Å². The van der Waals surface area contributed by atoms with Gasteiger partial charge in [0.15, 0.2) is 0 Å². The number of nitrogens with two attached hydrogens (primary N) is 1. The molecule has 0 saturated heterocycles. The summed E-state index contributed by atoms with van der Waals surface area (Å²) in [7, 11) is 0. The first-order valence-corrected chi connectivity index (χ1v) is 9.52. The summed E-state index contributed by atoms with van der Waals surface area (Å²) in [4.78, 5) is 55.4. The second-order valence-electron chi connectivity index (χ2n) is 5.97. The third-order valence-corrected chi connectivity index (χ3v) is 4.03. The van der Waals surface area contributed by atoms with Crippen molar-refractivity contribution in [3.63, 3.8) is 0 Å². The Morgan fingerprint density at radius 3 is 2.06 bits per heavy atom. The fraction of sp³-hybridized carbons (Fsp3) is 0.286. The van der Waals surface area contributed by atoms with Crippen molar-refractivity contribution < 1.29 is 28.7 Å². The topological polar surface area (TPSA) is 187 Å². The van der Waals surface area contributed by atoms with E-state index in [2.05, 4.69) is 5.10 Å². The van der Waals surface area contributed by atoms with Gasteiger partial charge in [0, 0.05) is 18.6 Å². The van der Waals surface area contributed by atoms with Crippen LogP contribution in [0.5, 0.6) is 0 Å². The number of nitrogens with zero attached hydrogens (tertiary/aromatic N) is 3. The van der Waals surface area contributed by atoms with Crippen LogP contribution in [0.2, 0.25) is 0 Å². The van der Waals surface area contributed by atoms with Gasteiger partial charge in [0.25, 0.3) is 0 Å². The Hall–Kier alpha value is -4.71. The first-order chi connectivity index (χ1) is 15.8. The molecule has 3 rings (SSSR count). The molecule has 3 N–H and O–H groups in total. The van der Waals surface area contributed by atoms with Gasteiger partial charge >= 0.3 is 18.3 Å². The summed E-state index contributed by atoms with van der Waals surface area (Å²) in [6.45, 7) is 6.16. The number of nitrogen functional groups attached to an aromatic ring is 1. The number of ether oxygens (including phenoxy) is 1. The molecule has 3 aromatic heterocycles. The predicted molar refractivity (Wildman–Crippen MR) is 112 cm³/mol. The van der Waals surface area contributed by atoms with Crippen LogP contribution in [-0.4, -0.2) is 39.2 Å². The zero-order valence-electron chi connectivity index (χ0n) is 18.3. The molecule has 33 heavy (non-hydrogen) atoms. The fourth-order valence-corrected chi connectivity index (χ4v) is 2.51. The van der Waals surface area contributed by atoms with Crippen LogP contribution in [0.15, 0.2) is 35.5 Å². The van der Waals surface area contributed by atoms with Crippen LogP contribution in [0.4, 0.5) is 0 Å². The van der Waals surface area contributed by atoms with Crippen molar-refractivity contribution >= 4 is 23.8 Å². The molecule has 0 spiro atoms. The molecule has 0 amide bonds. The van der Waals surface area contributed by atoms with Gasteiger partial charge < -0.3 is 15.7 Å². The number of H-pyrrole nitrogens is 1. The van der Waals surface area contributed by atoms with E-state index in [0.29, 0.717) is 17.8 Å². The monoisotopic (exact) mass is 457 g/mol. The number of aromatic nitrogens is 3. The van der Waals surface area contributed by atoms with Crippen LogP contribution in [-0.2, 0) is 36.8 Å². The third-order valence-electron chi connectivity index (χ3n) is 4.03. The Morgan fingerprint density at radius 2 is 1.61 bits per heavy atom. The minimum absolute atomic E-state index is 0.151. The molecule has 0 bridgehead atoms. The molecule has 12 nitrogen and oxygen atoms in total. The van der Waals surface area contributed by atoms with Gasteiger partial charge in [0.05, 0.1) is 6.61 Å². The molecule has 3 aromatic rings. The summed E-state index contributed by atoms with van der Waals surface area (Å²) in [6, 6.07) is 5.41. The summed E-state index contributed by atoms with van der Waals surface area (Å²) in [6.07, 6.45) is 7.24. The number of aryl methyl sites for hydroxylation is 2. The molecule has 3 heterocycles. The quantitative estimate of drug-likeness (QED) is 0.422. The highest BCUT2D eigenvalue weighted by molar-refractivity contribution is 5.88. The number of hydrogen-bond acceptors (Lipinski definition) is 9. The van der Waals surface area contributed by atoms with Crippen LogP contribution in [0.3, 0.4) is 0 Å². The van der Waals surface area contributed by atoms with Crippen LogP contribution in [0.25, 0.3) is 5.52 Å². The van der Waals surface area contributed by atoms with Gasteiger partial charge in [-0.2, -0.15) is 24.4 Å². The maximum Gasteiger partial charge on any atom is 0.373 e. The van der Waals surface area contributed by atoms with E-state index in [1.165, 1.54) is 10.9 Å². The van der Waals surface area contributed by atoms with Gasteiger partial charge in [-0.25, -0.2) is 4.79 Å². The highest BCUT2D eigenvalue weighted by atomic mass is 16.5. The molecule has 12 heteroatoms.